The molecule has 0 N–H and O–H groups in total. The lowest BCUT2D eigenvalue weighted by molar-refractivity contribution is 0.0997. The highest BCUT2D eigenvalue weighted by Crippen LogP contribution is 2.38. The van der Waals surface area contributed by atoms with Crippen LogP contribution in [-0.4, -0.2) is 38.9 Å². The van der Waals surface area contributed by atoms with Crippen molar-refractivity contribution in [3.8, 4) is 23.0 Å². The summed E-state index contributed by atoms with van der Waals surface area (Å²) >= 11 is 1.47. The second-order valence-corrected chi connectivity index (χ2v) is 7.21. The molecule has 0 fully saturated rings. The van der Waals surface area contributed by atoms with E-state index in [0.717, 1.165) is 28.9 Å². The van der Waals surface area contributed by atoms with Crippen LogP contribution >= 0.6 is 11.3 Å². The first-order chi connectivity index (χ1) is 14.1. The summed E-state index contributed by atoms with van der Waals surface area (Å²) in [5.41, 5.74) is 1.35. The van der Waals surface area contributed by atoms with Crippen molar-refractivity contribution in [1.82, 2.24) is 4.57 Å². The third kappa shape index (κ3) is 4.07. The predicted molar refractivity (Wildman–Crippen MR) is 113 cm³/mol. The Kier molecular flexibility index (Phi) is 6.43. The molecule has 0 aliphatic heterocycles. The van der Waals surface area contributed by atoms with Crippen LogP contribution in [0.1, 0.15) is 23.7 Å². The third-order valence-corrected chi connectivity index (χ3v) is 5.50. The fourth-order valence-corrected chi connectivity index (χ4v) is 4.09. The number of amides is 1. The summed E-state index contributed by atoms with van der Waals surface area (Å²) in [5, 5.41) is 0. The van der Waals surface area contributed by atoms with Crippen LogP contribution in [0.4, 0.5) is 0 Å². The van der Waals surface area contributed by atoms with Gasteiger partial charge in [0, 0.05) is 18.2 Å². The van der Waals surface area contributed by atoms with Crippen LogP contribution in [0.2, 0.25) is 0 Å². The molecule has 154 valence electrons. The topological polar surface area (TPSA) is 71.3 Å². The van der Waals surface area contributed by atoms with Gasteiger partial charge in [0.15, 0.2) is 16.3 Å². The molecule has 1 heterocycles. The molecular formula is C21H24N2O5S. The van der Waals surface area contributed by atoms with E-state index in [1.54, 1.807) is 19.2 Å². The van der Waals surface area contributed by atoms with Gasteiger partial charge in [0.1, 0.15) is 5.75 Å². The highest BCUT2D eigenvalue weighted by Gasteiger charge is 2.17. The molecule has 0 saturated carbocycles. The Balaban J connectivity index is 2.13. The number of carbonyl (C=O) groups is 1. The van der Waals surface area contributed by atoms with Gasteiger partial charge < -0.3 is 23.5 Å². The van der Waals surface area contributed by atoms with Crippen molar-refractivity contribution in [3.63, 3.8) is 0 Å². The number of rotatable bonds is 7. The molecule has 0 aliphatic rings. The lowest BCUT2D eigenvalue weighted by Crippen LogP contribution is -2.17. The van der Waals surface area contributed by atoms with Crippen LogP contribution < -0.4 is 23.7 Å². The smallest absolute Gasteiger partial charge is 0.279 e. The molecule has 0 bridgehead atoms. The largest absolute Gasteiger partial charge is 0.497 e. The van der Waals surface area contributed by atoms with Gasteiger partial charge in [-0.3, -0.25) is 4.79 Å². The molecule has 2 aromatic carbocycles. The van der Waals surface area contributed by atoms with Crippen molar-refractivity contribution in [2.45, 2.75) is 19.9 Å². The van der Waals surface area contributed by atoms with E-state index in [0.29, 0.717) is 27.6 Å². The number of hydrogen-bond donors (Lipinski definition) is 0. The molecule has 0 radical (unpaired) electrons. The minimum atomic E-state index is -0.382. The maximum absolute atomic E-state index is 13.0. The summed E-state index contributed by atoms with van der Waals surface area (Å²) in [6, 6.07) is 9.06. The van der Waals surface area contributed by atoms with E-state index in [1.807, 2.05) is 22.8 Å². The van der Waals surface area contributed by atoms with E-state index in [4.69, 9.17) is 18.9 Å². The summed E-state index contributed by atoms with van der Waals surface area (Å²) < 4.78 is 24.4. The SMILES string of the molecule is CCCn1c(=NC(=O)c2cc(OC)c(OC)c(OC)c2)sc2ccc(OC)cc21. The first-order valence-corrected chi connectivity index (χ1v) is 9.94. The van der Waals surface area contributed by atoms with E-state index in [-0.39, 0.29) is 5.91 Å². The number of carbonyl (C=O) groups excluding carboxylic acids is 1. The molecule has 1 aromatic heterocycles. The number of nitrogens with zero attached hydrogens (tertiary/aromatic N) is 2. The number of fused-ring (bicyclic) bond motifs is 1. The molecule has 3 aromatic rings. The Bertz CT molecular complexity index is 1080. The highest BCUT2D eigenvalue weighted by atomic mass is 32.1. The summed E-state index contributed by atoms with van der Waals surface area (Å²) in [4.78, 5) is 18.0. The minimum Gasteiger partial charge on any atom is -0.497 e. The third-order valence-electron chi connectivity index (χ3n) is 4.45. The maximum Gasteiger partial charge on any atom is 0.279 e. The molecule has 1 amide bonds. The summed E-state index contributed by atoms with van der Waals surface area (Å²) in [5.74, 6) is 1.64. The number of aromatic nitrogens is 1. The molecule has 3 rings (SSSR count). The fraction of sp³-hybridized carbons (Fsp3) is 0.333. The van der Waals surface area contributed by atoms with Gasteiger partial charge in [-0.1, -0.05) is 18.3 Å². The second kappa shape index (κ2) is 9.00. The molecule has 0 atom stereocenters. The monoisotopic (exact) mass is 416 g/mol. The van der Waals surface area contributed by atoms with Gasteiger partial charge in [-0.2, -0.15) is 4.99 Å². The maximum atomic E-state index is 13.0. The standard InChI is InChI=1S/C21H24N2O5S/c1-6-9-23-15-12-14(25-2)7-8-18(15)29-21(23)22-20(24)13-10-16(26-3)19(28-5)17(11-13)27-4/h7-8,10-12H,6,9H2,1-5H3. The molecular weight excluding hydrogens is 392 g/mol. The summed E-state index contributed by atoms with van der Waals surface area (Å²) in [6.45, 7) is 2.83. The Hall–Kier alpha value is -3.00. The minimum absolute atomic E-state index is 0.359. The van der Waals surface area contributed by atoms with Crippen LogP contribution in [-0.2, 0) is 6.54 Å². The van der Waals surface area contributed by atoms with Crippen molar-refractivity contribution in [2.75, 3.05) is 28.4 Å². The zero-order valence-corrected chi connectivity index (χ0v) is 18.0. The van der Waals surface area contributed by atoms with Crippen molar-refractivity contribution in [3.05, 3.63) is 40.7 Å². The molecule has 8 heteroatoms. The Morgan fingerprint density at radius 1 is 1.00 bits per heavy atom. The van der Waals surface area contributed by atoms with E-state index in [1.165, 1.54) is 32.7 Å². The van der Waals surface area contributed by atoms with Crippen LogP contribution in [0, 0.1) is 0 Å². The van der Waals surface area contributed by atoms with E-state index in [2.05, 4.69) is 11.9 Å². The normalized spacial score (nSPS) is 11.6. The van der Waals surface area contributed by atoms with Crippen molar-refractivity contribution >= 4 is 27.5 Å². The fourth-order valence-electron chi connectivity index (χ4n) is 3.06. The van der Waals surface area contributed by atoms with E-state index < -0.39 is 0 Å². The first-order valence-electron chi connectivity index (χ1n) is 9.12. The number of methoxy groups -OCH3 is 4. The molecule has 7 nitrogen and oxygen atoms in total. The van der Waals surface area contributed by atoms with Crippen molar-refractivity contribution in [1.29, 1.82) is 0 Å². The average Bonchev–Trinajstić information content (AvgIpc) is 3.08. The first kappa shape index (κ1) is 20.7. The zero-order chi connectivity index (χ0) is 21.0. The van der Waals surface area contributed by atoms with Gasteiger partial charge in [0.05, 0.1) is 38.7 Å². The van der Waals surface area contributed by atoms with Crippen LogP contribution in [0.25, 0.3) is 10.2 Å². The Morgan fingerprint density at radius 2 is 1.69 bits per heavy atom. The van der Waals surface area contributed by atoms with Gasteiger partial charge in [-0.25, -0.2) is 0 Å². The van der Waals surface area contributed by atoms with Crippen LogP contribution in [0.15, 0.2) is 35.3 Å². The summed E-state index contributed by atoms with van der Waals surface area (Å²) in [7, 11) is 6.18. The molecule has 0 spiro atoms. The molecule has 0 aliphatic carbocycles. The Labute approximate surface area is 173 Å². The number of ether oxygens (including phenoxy) is 4. The van der Waals surface area contributed by atoms with Gasteiger partial charge in [-0.05, 0) is 30.7 Å². The van der Waals surface area contributed by atoms with Crippen molar-refractivity contribution in [2.24, 2.45) is 4.99 Å². The predicted octanol–water partition coefficient (Wildman–Crippen LogP) is 3.89. The lowest BCUT2D eigenvalue weighted by atomic mass is 10.1. The van der Waals surface area contributed by atoms with Gasteiger partial charge in [0.25, 0.3) is 5.91 Å². The number of hydrogen-bond acceptors (Lipinski definition) is 6. The molecule has 29 heavy (non-hydrogen) atoms. The van der Waals surface area contributed by atoms with Gasteiger partial charge in [-0.15, -0.1) is 0 Å². The van der Waals surface area contributed by atoms with Crippen LogP contribution in [0.5, 0.6) is 23.0 Å². The summed E-state index contributed by atoms with van der Waals surface area (Å²) in [6.07, 6.45) is 0.911. The average molecular weight is 416 g/mol. The quantitative estimate of drug-likeness (QED) is 0.584. The van der Waals surface area contributed by atoms with E-state index in [9.17, 15) is 4.79 Å². The zero-order valence-electron chi connectivity index (χ0n) is 17.1. The van der Waals surface area contributed by atoms with Gasteiger partial charge in [0.2, 0.25) is 5.75 Å². The number of benzene rings is 2. The van der Waals surface area contributed by atoms with Crippen LogP contribution in [0.3, 0.4) is 0 Å². The molecule has 0 saturated heterocycles. The van der Waals surface area contributed by atoms with Gasteiger partial charge >= 0.3 is 0 Å². The number of thiazole rings is 1. The molecule has 0 unspecified atom stereocenters. The van der Waals surface area contributed by atoms with Crippen molar-refractivity contribution < 1.29 is 23.7 Å². The lowest BCUT2D eigenvalue weighted by Gasteiger charge is -2.12. The number of aryl methyl sites for hydroxylation is 1. The second-order valence-electron chi connectivity index (χ2n) is 6.20. The highest BCUT2D eigenvalue weighted by molar-refractivity contribution is 7.16. The Morgan fingerprint density at radius 3 is 2.24 bits per heavy atom. The van der Waals surface area contributed by atoms with E-state index >= 15 is 0 Å².